The Balaban J connectivity index is 1.84. The van der Waals surface area contributed by atoms with Crippen molar-refractivity contribution in [3.05, 3.63) is 58.1 Å². The van der Waals surface area contributed by atoms with Crippen molar-refractivity contribution in [1.29, 1.82) is 0 Å². The van der Waals surface area contributed by atoms with Gasteiger partial charge in [-0.3, -0.25) is 9.59 Å². The van der Waals surface area contributed by atoms with Crippen molar-refractivity contribution in [2.24, 2.45) is 0 Å². The highest BCUT2D eigenvalue weighted by molar-refractivity contribution is 6.32. The van der Waals surface area contributed by atoms with Crippen LogP contribution in [0, 0.1) is 0 Å². The molecule has 0 spiro atoms. The first kappa shape index (κ1) is 18.7. The first-order chi connectivity index (χ1) is 13.0. The van der Waals surface area contributed by atoms with E-state index in [-0.39, 0.29) is 27.5 Å². The molecule has 7 nitrogen and oxygen atoms in total. The van der Waals surface area contributed by atoms with E-state index < -0.39 is 17.8 Å². The Morgan fingerprint density at radius 3 is 2.30 bits per heavy atom. The van der Waals surface area contributed by atoms with Gasteiger partial charge in [0, 0.05) is 0 Å². The minimum absolute atomic E-state index is 0.0113. The number of amides is 2. The van der Waals surface area contributed by atoms with Gasteiger partial charge in [0.1, 0.15) is 0 Å². The fourth-order valence-corrected chi connectivity index (χ4v) is 2.83. The van der Waals surface area contributed by atoms with Gasteiger partial charge in [-0.1, -0.05) is 35.7 Å². The summed E-state index contributed by atoms with van der Waals surface area (Å²) >= 11 is 6.18. The lowest BCUT2D eigenvalue weighted by atomic mass is 10.1. The SMILES string of the molecule is CCCOc1c(Cl)cc(C(=O)ON2C(=O)c3ccccc3C2=O)cc1OC. The van der Waals surface area contributed by atoms with Crippen LogP contribution < -0.4 is 9.47 Å². The number of ether oxygens (including phenoxy) is 2. The molecule has 0 saturated heterocycles. The largest absolute Gasteiger partial charge is 0.493 e. The maximum Gasteiger partial charge on any atom is 0.364 e. The predicted molar refractivity (Wildman–Crippen MR) is 96.1 cm³/mol. The van der Waals surface area contributed by atoms with E-state index in [9.17, 15) is 14.4 Å². The molecule has 2 aromatic carbocycles. The van der Waals surface area contributed by atoms with Crippen molar-refractivity contribution in [2.45, 2.75) is 13.3 Å². The van der Waals surface area contributed by atoms with E-state index in [1.54, 1.807) is 12.1 Å². The number of hydrogen-bond acceptors (Lipinski definition) is 6. The third kappa shape index (κ3) is 3.46. The van der Waals surface area contributed by atoms with E-state index in [4.69, 9.17) is 25.9 Å². The van der Waals surface area contributed by atoms with Gasteiger partial charge < -0.3 is 14.3 Å². The van der Waals surface area contributed by atoms with Crippen molar-refractivity contribution >= 4 is 29.4 Å². The van der Waals surface area contributed by atoms with Crippen molar-refractivity contribution in [2.75, 3.05) is 13.7 Å². The third-order valence-corrected chi connectivity index (χ3v) is 4.13. The monoisotopic (exact) mass is 389 g/mol. The zero-order valence-corrected chi connectivity index (χ0v) is 15.4. The van der Waals surface area contributed by atoms with Gasteiger partial charge in [-0.15, -0.1) is 0 Å². The Kier molecular flexibility index (Phi) is 5.32. The molecule has 0 atom stereocenters. The molecule has 1 aliphatic rings. The summed E-state index contributed by atoms with van der Waals surface area (Å²) in [5.41, 5.74) is 0.362. The number of imide groups is 1. The van der Waals surface area contributed by atoms with Gasteiger partial charge in [0.15, 0.2) is 11.5 Å². The Labute approximate surface area is 160 Å². The minimum Gasteiger partial charge on any atom is -0.493 e. The lowest BCUT2D eigenvalue weighted by molar-refractivity contribution is -0.0584. The molecule has 8 heteroatoms. The van der Waals surface area contributed by atoms with Crippen LogP contribution in [0.1, 0.15) is 44.4 Å². The topological polar surface area (TPSA) is 82.1 Å². The average molecular weight is 390 g/mol. The van der Waals surface area contributed by atoms with Crippen LogP contribution >= 0.6 is 11.6 Å². The molecule has 0 aromatic heterocycles. The molecule has 140 valence electrons. The van der Waals surface area contributed by atoms with Crippen molar-refractivity contribution in [3.63, 3.8) is 0 Å². The Morgan fingerprint density at radius 1 is 1.11 bits per heavy atom. The smallest absolute Gasteiger partial charge is 0.364 e. The molecule has 0 aliphatic carbocycles. The van der Waals surface area contributed by atoms with E-state index in [0.29, 0.717) is 17.4 Å². The molecule has 0 unspecified atom stereocenters. The van der Waals surface area contributed by atoms with Gasteiger partial charge in [-0.25, -0.2) is 4.79 Å². The number of halogens is 1. The van der Waals surface area contributed by atoms with Crippen LogP contribution in [0.4, 0.5) is 0 Å². The second-order valence-corrected chi connectivity index (χ2v) is 6.07. The van der Waals surface area contributed by atoms with Gasteiger partial charge in [-0.2, -0.15) is 0 Å². The molecule has 1 aliphatic heterocycles. The minimum atomic E-state index is -0.924. The van der Waals surface area contributed by atoms with Gasteiger partial charge in [0.2, 0.25) is 0 Å². The number of nitrogens with zero attached hydrogens (tertiary/aromatic N) is 1. The summed E-state index contributed by atoms with van der Waals surface area (Å²) in [6.07, 6.45) is 0.767. The summed E-state index contributed by atoms with van der Waals surface area (Å²) in [4.78, 5) is 42.1. The maximum absolute atomic E-state index is 12.5. The van der Waals surface area contributed by atoms with Crippen molar-refractivity contribution < 1.29 is 28.7 Å². The zero-order chi connectivity index (χ0) is 19.6. The lowest BCUT2D eigenvalue weighted by Crippen LogP contribution is -2.32. The fourth-order valence-electron chi connectivity index (χ4n) is 2.57. The molecule has 0 N–H and O–H groups in total. The predicted octanol–water partition coefficient (Wildman–Crippen LogP) is 3.51. The molecular weight excluding hydrogens is 374 g/mol. The summed E-state index contributed by atoms with van der Waals surface area (Å²) in [7, 11) is 1.41. The first-order valence-electron chi connectivity index (χ1n) is 8.18. The molecule has 0 radical (unpaired) electrons. The molecule has 3 rings (SSSR count). The van der Waals surface area contributed by atoms with Crippen LogP contribution in [0.5, 0.6) is 11.5 Å². The zero-order valence-electron chi connectivity index (χ0n) is 14.7. The van der Waals surface area contributed by atoms with Gasteiger partial charge >= 0.3 is 5.97 Å². The standard InChI is InChI=1S/C19H16ClNO6/c1-3-8-26-16-14(20)9-11(10-15(16)25-2)19(24)27-21-17(22)12-6-4-5-7-13(12)18(21)23/h4-7,9-10H,3,8H2,1-2H3. The highest BCUT2D eigenvalue weighted by Gasteiger charge is 2.39. The van der Waals surface area contributed by atoms with Crippen LogP contribution in [-0.2, 0) is 4.84 Å². The summed E-state index contributed by atoms with van der Waals surface area (Å²) < 4.78 is 10.7. The van der Waals surface area contributed by atoms with Crippen molar-refractivity contribution in [1.82, 2.24) is 5.06 Å². The molecule has 1 heterocycles. The number of carbonyl (C=O) groups is 3. The molecule has 0 bridgehead atoms. The normalized spacial score (nSPS) is 12.8. The molecule has 2 aromatic rings. The molecule has 27 heavy (non-hydrogen) atoms. The van der Waals surface area contributed by atoms with E-state index in [1.807, 2.05) is 6.92 Å². The van der Waals surface area contributed by atoms with E-state index in [1.165, 1.54) is 31.4 Å². The number of rotatable bonds is 6. The van der Waals surface area contributed by atoms with Gasteiger partial charge in [0.05, 0.1) is 35.4 Å². The number of hydrogen-bond donors (Lipinski definition) is 0. The summed E-state index contributed by atoms with van der Waals surface area (Å²) in [5, 5.41) is 0.589. The number of fused-ring (bicyclic) bond motifs is 1. The first-order valence-corrected chi connectivity index (χ1v) is 8.56. The molecule has 0 saturated carbocycles. The van der Waals surface area contributed by atoms with Crippen LogP contribution in [-0.4, -0.2) is 36.6 Å². The number of benzene rings is 2. The number of hydroxylamine groups is 2. The fraction of sp³-hybridized carbons (Fsp3) is 0.211. The number of carbonyl (C=O) groups excluding carboxylic acids is 3. The summed E-state index contributed by atoms with van der Waals surface area (Å²) in [6, 6.07) is 8.92. The summed E-state index contributed by atoms with van der Waals surface area (Å²) in [5.74, 6) is -1.79. The Bertz CT molecular complexity index is 891. The van der Waals surface area contributed by atoms with Crippen molar-refractivity contribution in [3.8, 4) is 11.5 Å². The molecular formula is C19H16ClNO6. The third-order valence-electron chi connectivity index (χ3n) is 3.85. The van der Waals surface area contributed by atoms with Gasteiger partial charge in [0.25, 0.3) is 11.8 Å². The maximum atomic E-state index is 12.5. The lowest BCUT2D eigenvalue weighted by Gasteiger charge is -2.15. The molecule has 2 amide bonds. The average Bonchev–Trinajstić information content (AvgIpc) is 2.91. The van der Waals surface area contributed by atoms with Crippen LogP contribution in [0.15, 0.2) is 36.4 Å². The molecule has 0 fully saturated rings. The number of methoxy groups -OCH3 is 1. The van der Waals surface area contributed by atoms with Crippen LogP contribution in [0.25, 0.3) is 0 Å². The quantitative estimate of drug-likeness (QED) is 0.703. The van der Waals surface area contributed by atoms with Crippen LogP contribution in [0.2, 0.25) is 5.02 Å². The Morgan fingerprint density at radius 2 is 1.74 bits per heavy atom. The van der Waals surface area contributed by atoms with Crippen LogP contribution in [0.3, 0.4) is 0 Å². The van der Waals surface area contributed by atoms with E-state index in [2.05, 4.69) is 0 Å². The highest BCUT2D eigenvalue weighted by Crippen LogP contribution is 2.37. The second kappa shape index (κ2) is 7.67. The van der Waals surface area contributed by atoms with E-state index >= 15 is 0 Å². The second-order valence-electron chi connectivity index (χ2n) is 5.67. The highest BCUT2D eigenvalue weighted by atomic mass is 35.5. The Hall–Kier alpha value is -3.06. The van der Waals surface area contributed by atoms with Gasteiger partial charge in [-0.05, 0) is 30.7 Å². The van der Waals surface area contributed by atoms with E-state index in [0.717, 1.165) is 6.42 Å². The summed E-state index contributed by atoms with van der Waals surface area (Å²) in [6.45, 7) is 2.36.